The van der Waals surface area contributed by atoms with Crippen molar-refractivity contribution in [2.45, 2.75) is 31.8 Å². The van der Waals surface area contributed by atoms with Crippen LogP contribution in [0.3, 0.4) is 0 Å². The fourth-order valence-corrected chi connectivity index (χ4v) is 3.18. The lowest BCUT2D eigenvalue weighted by atomic mass is 9.94. The third kappa shape index (κ3) is 8.10. The second kappa shape index (κ2) is 13.0. The van der Waals surface area contributed by atoms with Crippen LogP contribution in [0.1, 0.15) is 35.7 Å². The average Bonchev–Trinajstić information content (AvgIpc) is 2.72. The predicted molar refractivity (Wildman–Crippen MR) is 127 cm³/mol. The van der Waals surface area contributed by atoms with Crippen molar-refractivity contribution in [2.24, 2.45) is 4.99 Å². The van der Waals surface area contributed by atoms with Gasteiger partial charge in [0.15, 0.2) is 5.96 Å². The van der Waals surface area contributed by atoms with Crippen molar-refractivity contribution in [3.63, 3.8) is 0 Å². The van der Waals surface area contributed by atoms with E-state index in [-0.39, 0.29) is 35.5 Å². The Morgan fingerprint density at radius 2 is 2.00 bits per heavy atom. The molecule has 1 aromatic rings. The minimum atomic E-state index is -0.235. The van der Waals surface area contributed by atoms with Crippen molar-refractivity contribution in [2.75, 3.05) is 54.1 Å². The van der Waals surface area contributed by atoms with Gasteiger partial charge in [0.2, 0.25) is 0 Å². The Balaban J connectivity index is 0.00000420. The van der Waals surface area contributed by atoms with Crippen molar-refractivity contribution in [3.05, 3.63) is 35.4 Å². The number of hydrogen-bond donors (Lipinski definition) is 2. The molecule has 29 heavy (non-hydrogen) atoms. The van der Waals surface area contributed by atoms with Crippen LogP contribution < -0.4 is 10.6 Å². The summed E-state index contributed by atoms with van der Waals surface area (Å²) in [5, 5.41) is 6.66. The second-order valence-corrected chi connectivity index (χ2v) is 7.27. The Bertz CT molecular complexity index is 661. The number of rotatable bonds is 8. The molecule has 0 unspecified atom stereocenters. The van der Waals surface area contributed by atoms with Crippen LogP contribution in [0, 0.1) is 0 Å². The molecular weight excluding hydrogens is 483 g/mol. The maximum absolute atomic E-state index is 12.1. The van der Waals surface area contributed by atoms with E-state index in [1.54, 1.807) is 26.1 Å². The Hall–Kier alpha value is -1.39. The highest BCUT2D eigenvalue weighted by atomic mass is 127. The van der Waals surface area contributed by atoms with Crippen LogP contribution in [0.2, 0.25) is 0 Å². The zero-order valence-electron chi connectivity index (χ0n) is 18.0. The number of benzene rings is 1. The molecule has 0 spiro atoms. The molecule has 1 aromatic carbocycles. The molecule has 1 heterocycles. The Morgan fingerprint density at radius 1 is 1.28 bits per heavy atom. The lowest BCUT2D eigenvalue weighted by molar-refractivity contribution is -0.0828. The molecule has 0 aromatic heterocycles. The molecule has 1 aliphatic rings. The first-order valence-electron chi connectivity index (χ1n) is 9.95. The van der Waals surface area contributed by atoms with Gasteiger partial charge < -0.3 is 25.0 Å². The number of carbonyl (C=O) groups excluding carboxylic acids is 1. The van der Waals surface area contributed by atoms with Gasteiger partial charge in [0.05, 0.1) is 12.1 Å². The van der Waals surface area contributed by atoms with Gasteiger partial charge in [-0.05, 0) is 31.0 Å². The van der Waals surface area contributed by atoms with E-state index in [1.165, 1.54) is 0 Å². The molecule has 0 atom stereocenters. The van der Waals surface area contributed by atoms with E-state index in [0.29, 0.717) is 12.1 Å². The summed E-state index contributed by atoms with van der Waals surface area (Å²) in [7, 11) is 5.28. The number of guanidine groups is 1. The standard InChI is InChI=1S/C21H34N4O3.HI/c1-5-22-20(24-16-21(27-4)10-13-28-14-11-21)23-12-9-17-7-6-8-18(15-17)19(26)25(2)3;/h6-8,15H,5,9-14,16H2,1-4H3,(H2,22,23,24);1H. The first-order valence-corrected chi connectivity index (χ1v) is 9.95. The smallest absolute Gasteiger partial charge is 0.253 e. The molecular formula is C21H35IN4O3. The normalized spacial score (nSPS) is 15.9. The molecule has 1 aliphatic heterocycles. The van der Waals surface area contributed by atoms with Gasteiger partial charge in [-0.2, -0.15) is 0 Å². The van der Waals surface area contributed by atoms with E-state index >= 15 is 0 Å². The van der Waals surface area contributed by atoms with Crippen LogP contribution in [0.25, 0.3) is 0 Å². The minimum absolute atomic E-state index is 0. The van der Waals surface area contributed by atoms with Crippen molar-refractivity contribution in [3.8, 4) is 0 Å². The van der Waals surface area contributed by atoms with Crippen LogP contribution in [-0.4, -0.2) is 76.4 Å². The molecule has 1 amide bonds. The van der Waals surface area contributed by atoms with E-state index in [1.807, 2.05) is 31.2 Å². The van der Waals surface area contributed by atoms with Crippen molar-refractivity contribution >= 4 is 35.8 Å². The van der Waals surface area contributed by atoms with Gasteiger partial charge in [-0.15, -0.1) is 24.0 Å². The van der Waals surface area contributed by atoms with Gasteiger partial charge in [-0.1, -0.05) is 12.1 Å². The average molecular weight is 518 g/mol. The SMILES string of the molecule is CCNC(=NCC1(OC)CCOCC1)NCCc1cccc(C(=O)N(C)C)c1.I. The first kappa shape index (κ1) is 25.6. The topological polar surface area (TPSA) is 75.2 Å². The fourth-order valence-electron chi connectivity index (χ4n) is 3.18. The van der Waals surface area contributed by atoms with Gasteiger partial charge >= 0.3 is 0 Å². The molecule has 1 fully saturated rings. The number of aliphatic imine (C=N–C) groups is 1. The summed E-state index contributed by atoms with van der Waals surface area (Å²) in [4.78, 5) is 18.4. The Labute approximate surface area is 191 Å². The highest BCUT2D eigenvalue weighted by Crippen LogP contribution is 2.24. The monoisotopic (exact) mass is 518 g/mol. The maximum Gasteiger partial charge on any atom is 0.253 e. The van der Waals surface area contributed by atoms with Crippen LogP contribution in [0.4, 0.5) is 0 Å². The van der Waals surface area contributed by atoms with Crippen LogP contribution in [-0.2, 0) is 15.9 Å². The van der Waals surface area contributed by atoms with Gasteiger partial charge in [-0.25, -0.2) is 0 Å². The third-order valence-corrected chi connectivity index (χ3v) is 4.99. The summed E-state index contributed by atoms with van der Waals surface area (Å²) in [5.41, 5.74) is 1.60. The number of halogens is 1. The van der Waals surface area contributed by atoms with E-state index in [2.05, 4.69) is 10.6 Å². The quantitative estimate of drug-likeness (QED) is 0.314. The number of nitrogens with zero attached hydrogens (tertiary/aromatic N) is 2. The van der Waals surface area contributed by atoms with E-state index in [9.17, 15) is 4.79 Å². The summed E-state index contributed by atoms with van der Waals surface area (Å²) >= 11 is 0. The highest BCUT2D eigenvalue weighted by Gasteiger charge is 2.32. The van der Waals surface area contributed by atoms with Gasteiger partial charge in [0.25, 0.3) is 5.91 Å². The summed E-state index contributed by atoms with van der Waals surface area (Å²) in [6, 6.07) is 7.78. The van der Waals surface area contributed by atoms with E-state index in [0.717, 1.165) is 57.1 Å². The number of methoxy groups -OCH3 is 1. The predicted octanol–water partition coefficient (Wildman–Crippen LogP) is 2.30. The summed E-state index contributed by atoms with van der Waals surface area (Å²) < 4.78 is 11.2. The molecule has 0 aliphatic carbocycles. The van der Waals surface area contributed by atoms with Gasteiger partial charge in [0.1, 0.15) is 0 Å². The summed E-state index contributed by atoms with van der Waals surface area (Å²) in [6.07, 6.45) is 2.53. The first-order chi connectivity index (χ1) is 13.5. The third-order valence-electron chi connectivity index (χ3n) is 4.99. The molecule has 0 radical (unpaired) electrons. The second-order valence-electron chi connectivity index (χ2n) is 7.27. The van der Waals surface area contributed by atoms with Crippen LogP contribution in [0.5, 0.6) is 0 Å². The molecule has 2 N–H and O–H groups in total. The lowest BCUT2D eigenvalue weighted by Gasteiger charge is -2.34. The largest absolute Gasteiger partial charge is 0.381 e. The van der Waals surface area contributed by atoms with Crippen LogP contribution >= 0.6 is 24.0 Å². The fraction of sp³-hybridized carbons (Fsp3) is 0.619. The minimum Gasteiger partial charge on any atom is -0.381 e. The van der Waals surface area contributed by atoms with Crippen molar-refractivity contribution < 1.29 is 14.3 Å². The van der Waals surface area contributed by atoms with Crippen LogP contribution in [0.15, 0.2) is 29.3 Å². The molecule has 164 valence electrons. The van der Waals surface area contributed by atoms with Gasteiger partial charge in [-0.3, -0.25) is 9.79 Å². The zero-order chi connectivity index (χ0) is 20.4. The summed E-state index contributed by atoms with van der Waals surface area (Å²) in [6.45, 7) is 5.62. The Kier molecular flexibility index (Phi) is 11.5. The molecule has 1 saturated heterocycles. The molecule has 0 bridgehead atoms. The number of carbonyl (C=O) groups is 1. The number of nitrogens with one attached hydrogen (secondary N) is 2. The maximum atomic E-state index is 12.1. The highest BCUT2D eigenvalue weighted by molar-refractivity contribution is 14.0. The number of hydrogen-bond acceptors (Lipinski definition) is 4. The number of amides is 1. The molecule has 8 heteroatoms. The lowest BCUT2D eigenvalue weighted by Crippen LogP contribution is -2.44. The van der Waals surface area contributed by atoms with E-state index in [4.69, 9.17) is 14.5 Å². The molecule has 2 rings (SSSR count). The van der Waals surface area contributed by atoms with Crippen molar-refractivity contribution in [1.29, 1.82) is 0 Å². The Morgan fingerprint density at radius 3 is 2.62 bits per heavy atom. The molecule has 7 nitrogen and oxygen atoms in total. The summed E-state index contributed by atoms with van der Waals surface area (Å²) in [5.74, 6) is 0.803. The number of ether oxygens (including phenoxy) is 2. The molecule has 0 saturated carbocycles. The van der Waals surface area contributed by atoms with E-state index < -0.39 is 0 Å². The zero-order valence-corrected chi connectivity index (χ0v) is 20.3. The van der Waals surface area contributed by atoms with Crippen molar-refractivity contribution in [1.82, 2.24) is 15.5 Å². The van der Waals surface area contributed by atoms with Gasteiger partial charge in [0, 0.05) is 65.9 Å².